The molecule has 94 valence electrons. The van der Waals surface area contributed by atoms with Gasteiger partial charge in [0.2, 0.25) is 0 Å². The first-order valence-corrected chi connectivity index (χ1v) is 6.32. The average Bonchev–Trinajstić information content (AvgIpc) is 2.89. The van der Waals surface area contributed by atoms with Crippen molar-refractivity contribution in [3.63, 3.8) is 0 Å². The predicted molar refractivity (Wildman–Crippen MR) is 65.2 cm³/mol. The summed E-state index contributed by atoms with van der Waals surface area (Å²) in [5.41, 5.74) is 0.963. The summed E-state index contributed by atoms with van der Waals surface area (Å²) in [7, 11) is 0. The molecule has 4 heteroatoms. The normalized spacial score (nSPS) is 26.8. The lowest BCUT2D eigenvalue weighted by Crippen LogP contribution is -2.36. The Hall–Kier alpha value is -1.68. The van der Waals surface area contributed by atoms with Gasteiger partial charge in [-0.1, -0.05) is 18.6 Å². The van der Waals surface area contributed by atoms with Gasteiger partial charge in [-0.15, -0.1) is 0 Å². The molecule has 0 spiro atoms. The summed E-state index contributed by atoms with van der Waals surface area (Å²) in [5.74, 6) is -0.420. The van der Waals surface area contributed by atoms with Gasteiger partial charge in [0.05, 0.1) is 17.2 Å². The van der Waals surface area contributed by atoms with Gasteiger partial charge in [0.1, 0.15) is 0 Å². The van der Waals surface area contributed by atoms with E-state index in [1.54, 1.807) is 24.3 Å². The SMILES string of the molecule is O=C1c2ccccc2C(=O)N1CC1CCCC1O. The summed E-state index contributed by atoms with van der Waals surface area (Å²) in [5, 5.41) is 9.79. The summed E-state index contributed by atoms with van der Waals surface area (Å²) in [6.45, 7) is 0.341. The minimum absolute atomic E-state index is 0.0345. The second-order valence-electron chi connectivity index (χ2n) is 5.02. The van der Waals surface area contributed by atoms with Crippen molar-refractivity contribution in [1.82, 2.24) is 4.90 Å². The van der Waals surface area contributed by atoms with Crippen molar-refractivity contribution in [3.8, 4) is 0 Å². The van der Waals surface area contributed by atoms with Gasteiger partial charge in [0.15, 0.2) is 0 Å². The number of imide groups is 1. The maximum absolute atomic E-state index is 12.1. The fourth-order valence-electron chi connectivity index (χ4n) is 2.87. The van der Waals surface area contributed by atoms with Gasteiger partial charge in [-0.25, -0.2) is 0 Å². The molecule has 18 heavy (non-hydrogen) atoms. The molecule has 0 radical (unpaired) electrons. The van der Waals surface area contributed by atoms with Gasteiger partial charge in [0, 0.05) is 12.5 Å². The van der Waals surface area contributed by atoms with Crippen molar-refractivity contribution in [2.24, 2.45) is 5.92 Å². The first-order chi connectivity index (χ1) is 8.68. The molecule has 2 amide bonds. The van der Waals surface area contributed by atoms with Gasteiger partial charge in [-0.05, 0) is 25.0 Å². The topological polar surface area (TPSA) is 57.6 Å². The third-order valence-corrected chi connectivity index (χ3v) is 3.91. The van der Waals surface area contributed by atoms with E-state index in [0.29, 0.717) is 17.7 Å². The molecule has 3 rings (SSSR count). The molecule has 2 unspecified atom stereocenters. The zero-order valence-corrected chi connectivity index (χ0v) is 10.0. The average molecular weight is 245 g/mol. The van der Waals surface area contributed by atoms with E-state index in [9.17, 15) is 14.7 Å². The van der Waals surface area contributed by atoms with Gasteiger partial charge >= 0.3 is 0 Å². The minimum atomic E-state index is -0.380. The largest absolute Gasteiger partial charge is 0.393 e. The standard InChI is InChI=1S/C14H15NO3/c16-12-7-3-4-9(12)8-15-13(17)10-5-1-2-6-11(10)14(15)18/h1-2,5-6,9,12,16H,3-4,7-8H2. The van der Waals surface area contributed by atoms with E-state index in [2.05, 4.69) is 0 Å². The second-order valence-corrected chi connectivity index (χ2v) is 5.02. The molecular weight excluding hydrogens is 230 g/mol. The molecule has 2 aliphatic rings. The van der Waals surface area contributed by atoms with Crippen LogP contribution in [-0.4, -0.2) is 34.5 Å². The van der Waals surface area contributed by atoms with Crippen LogP contribution < -0.4 is 0 Å². The van der Waals surface area contributed by atoms with Crippen LogP contribution in [-0.2, 0) is 0 Å². The maximum Gasteiger partial charge on any atom is 0.261 e. The second kappa shape index (κ2) is 4.21. The maximum atomic E-state index is 12.1. The molecule has 1 aliphatic heterocycles. The van der Waals surface area contributed by atoms with Gasteiger partial charge in [-0.3, -0.25) is 14.5 Å². The Morgan fingerprint density at radius 2 is 1.72 bits per heavy atom. The Kier molecular flexibility index (Phi) is 2.67. The molecule has 1 fully saturated rings. The van der Waals surface area contributed by atoms with Crippen molar-refractivity contribution in [2.75, 3.05) is 6.54 Å². The van der Waals surface area contributed by atoms with Crippen LogP contribution in [0.3, 0.4) is 0 Å². The highest BCUT2D eigenvalue weighted by Crippen LogP contribution is 2.30. The molecule has 1 aromatic rings. The number of benzene rings is 1. The molecule has 2 atom stereocenters. The number of nitrogens with zero attached hydrogens (tertiary/aromatic N) is 1. The van der Waals surface area contributed by atoms with E-state index < -0.39 is 0 Å². The van der Waals surface area contributed by atoms with E-state index in [0.717, 1.165) is 19.3 Å². The quantitative estimate of drug-likeness (QED) is 0.802. The van der Waals surface area contributed by atoms with Crippen LogP contribution in [0.2, 0.25) is 0 Å². The van der Waals surface area contributed by atoms with E-state index in [1.807, 2.05) is 0 Å². The van der Waals surface area contributed by atoms with E-state index >= 15 is 0 Å². The van der Waals surface area contributed by atoms with Crippen LogP contribution in [0.25, 0.3) is 0 Å². The Bertz CT molecular complexity index is 477. The lowest BCUT2D eigenvalue weighted by Gasteiger charge is -2.21. The van der Waals surface area contributed by atoms with Crippen molar-refractivity contribution >= 4 is 11.8 Å². The van der Waals surface area contributed by atoms with Gasteiger partial charge in [-0.2, -0.15) is 0 Å². The first-order valence-electron chi connectivity index (χ1n) is 6.32. The van der Waals surface area contributed by atoms with Crippen LogP contribution in [0.15, 0.2) is 24.3 Å². The zero-order chi connectivity index (χ0) is 12.7. The Balaban J connectivity index is 1.84. The molecule has 1 heterocycles. The first kappa shape index (κ1) is 11.4. The van der Waals surface area contributed by atoms with E-state index in [-0.39, 0.29) is 23.8 Å². The van der Waals surface area contributed by atoms with Crippen LogP contribution >= 0.6 is 0 Å². The number of aliphatic hydroxyl groups excluding tert-OH is 1. The summed E-state index contributed by atoms with van der Waals surface area (Å²) in [4.78, 5) is 25.5. The smallest absolute Gasteiger partial charge is 0.261 e. The van der Waals surface area contributed by atoms with Crippen molar-refractivity contribution < 1.29 is 14.7 Å². The van der Waals surface area contributed by atoms with Crippen LogP contribution in [0.5, 0.6) is 0 Å². The number of aliphatic hydroxyl groups is 1. The molecule has 1 N–H and O–H groups in total. The fourth-order valence-corrected chi connectivity index (χ4v) is 2.87. The fraction of sp³-hybridized carbons (Fsp3) is 0.429. The molecule has 4 nitrogen and oxygen atoms in total. The number of rotatable bonds is 2. The molecule has 0 aromatic heterocycles. The number of hydrogen-bond donors (Lipinski definition) is 1. The summed E-state index contributed by atoms with van der Waals surface area (Å²) < 4.78 is 0. The molecule has 0 bridgehead atoms. The monoisotopic (exact) mass is 245 g/mol. The highest BCUT2D eigenvalue weighted by Gasteiger charge is 2.38. The van der Waals surface area contributed by atoms with Crippen molar-refractivity contribution in [1.29, 1.82) is 0 Å². The number of hydrogen-bond acceptors (Lipinski definition) is 3. The molecule has 1 saturated carbocycles. The van der Waals surface area contributed by atoms with Crippen molar-refractivity contribution in [2.45, 2.75) is 25.4 Å². The number of fused-ring (bicyclic) bond motifs is 1. The zero-order valence-electron chi connectivity index (χ0n) is 10.0. The van der Waals surface area contributed by atoms with Crippen LogP contribution in [0, 0.1) is 5.92 Å². The lowest BCUT2D eigenvalue weighted by atomic mass is 10.1. The molecule has 0 saturated heterocycles. The van der Waals surface area contributed by atoms with Gasteiger partial charge < -0.3 is 5.11 Å². The number of carbonyl (C=O) groups excluding carboxylic acids is 2. The Morgan fingerprint density at radius 3 is 2.22 bits per heavy atom. The summed E-state index contributed by atoms with van der Waals surface area (Å²) in [6, 6.07) is 6.89. The van der Waals surface area contributed by atoms with E-state index in [1.165, 1.54) is 4.90 Å². The number of amides is 2. The summed E-state index contributed by atoms with van der Waals surface area (Å²) in [6.07, 6.45) is 2.24. The third kappa shape index (κ3) is 1.64. The Morgan fingerprint density at radius 1 is 1.11 bits per heavy atom. The summed E-state index contributed by atoms with van der Waals surface area (Å²) >= 11 is 0. The van der Waals surface area contributed by atoms with E-state index in [4.69, 9.17) is 0 Å². The highest BCUT2D eigenvalue weighted by molar-refractivity contribution is 6.21. The Labute approximate surface area is 105 Å². The minimum Gasteiger partial charge on any atom is -0.393 e. The molecule has 1 aromatic carbocycles. The predicted octanol–water partition coefficient (Wildman–Crippen LogP) is 1.44. The van der Waals surface area contributed by atoms with Crippen LogP contribution in [0.1, 0.15) is 40.0 Å². The molecule has 1 aliphatic carbocycles. The van der Waals surface area contributed by atoms with Gasteiger partial charge in [0.25, 0.3) is 11.8 Å². The molecular formula is C14H15NO3. The van der Waals surface area contributed by atoms with Crippen LogP contribution in [0.4, 0.5) is 0 Å². The highest BCUT2D eigenvalue weighted by atomic mass is 16.3. The van der Waals surface area contributed by atoms with Crippen molar-refractivity contribution in [3.05, 3.63) is 35.4 Å². The lowest BCUT2D eigenvalue weighted by molar-refractivity contribution is 0.0562. The number of carbonyl (C=O) groups is 2. The third-order valence-electron chi connectivity index (χ3n) is 3.91.